The smallest absolute Gasteiger partial charge is 0.388 e. The van der Waals surface area contributed by atoms with Crippen molar-refractivity contribution in [3.8, 4) is 5.75 Å². The Labute approximate surface area is 86.9 Å². The van der Waals surface area contributed by atoms with Crippen LogP contribution in [0.4, 0.5) is 0 Å². The lowest BCUT2D eigenvalue weighted by Gasteiger charge is -2.01. The van der Waals surface area contributed by atoms with E-state index in [2.05, 4.69) is 4.74 Å². The number of carbonyl (C=O) groups excluding carboxylic acids is 3. The Kier molecular flexibility index (Phi) is 3.74. The van der Waals surface area contributed by atoms with Gasteiger partial charge in [-0.25, -0.2) is 4.79 Å². The predicted molar refractivity (Wildman–Crippen MR) is 52.4 cm³/mol. The van der Waals surface area contributed by atoms with Crippen LogP contribution in [0.25, 0.3) is 0 Å². The first-order chi connectivity index (χ1) is 7.15. The van der Waals surface area contributed by atoms with E-state index in [1.54, 1.807) is 18.2 Å². The summed E-state index contributed by atoms with van der Waals surface area (Å²) in [6.45, 7) is 1.51. The van der Waals surface area contributed by atoms with Crippen molar-refractivity contribution in [2.24, 2.45) is 0 Å². The highest BCUT2D eigenvalue weighted by molar-refractivity contribution is 6.62. The van der Waals surface area contributed by atoms with Crippen LogP contribution in [0.5, 0.6) is 5.75 Å². The second kappa shape index (κ2) is 5.05. The third kappa shape index (κ3) is 3.02. The van der Waals surface area contributed by atoms with Crippen molar-refractivity contribution < 1.29 is 19.1 Å². The van der Waals surface area contributed by atoms with Gasteiger partial charge in [0.2, 0.25) is 5.78 Å². The highest BCUT2D eigenvalue weighted by atomic mass is 16.5. The summed E-state index contributed by atoms with van der Waals surface area (Å²) >= 11 is 0. The maximum absolute atomic E-state index is 11.1. The topological polar surface area (TPSA) is 60.4 Å². The molecule has 0 aliphatic rings. The molecule has 1 aromatic carbocycles. The van der Waals surface area contributed by atoms with Gasteiger partial charge < -0.3 is 4.74 Å². The monoisotopic (exact) mass is 206 g/mol. The summed E-state index contributed by atoms with van der Waals surface area (Å²) in [6, 6.07) is 8.13. The van der Waals surface area contributed by atoms with Crippen molar-refractivity contribution >= 4 is 17.5 Å². The molecule has 0 radical (unpaired) electrons. The van der Waals surface area contributed by atoms with E-state index >= 15 is 0 Å². The maximum Gasteiger partial charge on any atom is 0.388 e. The van der Waals surface area contributed by atoms with Crippen LogP contribution in [-0.2, 0) is 14.4 Å². The summed E-state index contributed by atoms with van der Waals surface area (Å²) in [5, 5.41) is 0. The zero-order valence-electron chi connectivity index (χ0n) is 8.23. The number of Topliss-reactive ketones (excluding diaryl/α,β-unsaturated/α-hetero) is 2. The summed E-state index contributed by atoms with van der Waals surface area (Å²) in [5.74, 6) is -2.73. The van der Waals surface area contributed by atoms with Gasteiger partial charge in [0.15, 0.2) is 0 Å². The summed E-state index contributed by atoms with van der Waals surface area (Å²) in [5.41, 5.74) is 0. The maximum atomic E-state index is 11.1. The molecule has 4 heteroatoms. The zero-order chi connectivity index (χ0) is 11.3. The van der Waals surface area contributed by atoms with E-state index in [-0.39, 0.29) is 12.2 Å². The van der Waals surface area contributed by atoms with Crippen LogP contribution >= 0.6 is 0 Å². The average Bonchev–Trinajstić information content (AvgIpc) is 2.28. The molecule has 78 valence electrons. The van der Waals surface area contributed by atoms with Crippen molar-refractivity contribution in [2.45, 2.75) is 13.3 Å². The number of esters is 1. The number of ketones is 2. The van der Waals surface area contributed by atoms with Crippen LogP contribution in [0.1, 0.15) is 13.3 Å². The van der Waals surface area contributed by atoms with Crippen LogP contribution in [-0.4, -0.2) is 17.5 Å². The van der Waals surface area contributed by atoms with Gasteiger partial charge in [-0.05, 0) is 12.1 Å². The number of benzene rings is 1. The van der Waals surface area contributed by atoms with Gasteiger partial charge >= 0.3 is 11.8 Å². The molecular weight excluding hydrogens is 196 g/mol. The molecule has 0 saturated carbocycles. The number of para-hydroxylation sites is 1. The van der Waals surface area contributed by atoms with Gasteiger partial charge in [0, 0.05) is 6.42 Å². The molecule has 0 amide bonds. The summed E-state index contributed by atoms with van der Waals surface area (Å²) in [7, 11) is 0. The van der Waals surface area contributed by atoms with Crippen molar-refractivity contribution in [2.75, 3.05) is 0 Å². The Morgan fingerprint density at radius 1 is 1.13 bits per heavy atom. The molecule has 0 saturated heterocycles. The first-order valence-electron chi connectivity index (χ1n) is 4.49. The molecule has 1 aromatic rings. The fourth-order valence-corrected chi connectivity index (χ4v) is 0.916. The number of ether oxygens (including phenoxy) is 1. The van der Waals surface area contributed by atoms with Gasteiger partial charge in [-0.1, -0.05) is 25.1 Å². The van der Waals surface area contributed by atoms with E-state index in [0.29, 0.717) is 0 Å². The van der Waals surface area contributed by atoms with Gasteiger partial charge in [0.1, 0.15) is 5.75 Å². The molecule has 0 aliphatic carbocycles. The molecule has 0 unspecified atom stereocenters. The summed E-state index contributed by atoms with van der Waals surface area (Å²) in [6.07, 6.45) is 0.00270. The first-order valence-corrected chi connectivity index (χ1v) is 4.49. The number of hydrogen-bond donors (Lipinski definition) is 0. The Bertz CT molecular complexity index is 381. The molecule has 0 aliphatic heterocycles. The van der Waals surface area contributed by atoms with E-state index in [4.69, 9.17) is 0 Å². The van der Waals surface area contributed by atoms with Crippen LogP contribution in [0.2, 0.25) is 0 Å². The molecule has 4 nitrogen and oxygen atoms in total. The second-order valence-corrected chi connectivity index (χ2v) is 2.81. The fourth-order valence-electron chi connectivity index (χ4n) is 0.916. The Morgan fingerprint density at radius 3 is 2.27 bits per heavy atom. The molecule has 0 spiro atoms. The van der Waals surface area contributed by atoms with Crippen molar-refractivity contribution in [1.29, 1.82) is 0 Å². The first kappa shape index (κ1) is 11.1. The lowest BCUT2D eigenvalue weighted by Crippen LogP contribution is -2.27. The van der Waals surface area contributed by atoms with Crippen molar-refractivity contribution in [3.05, 3.63) is 30.3 Å². The SMILES string of the molecule is CCC(=O)C(=O)C(=O)Oc1ccccc1. The predicted octanol–water partition coefficient (Wildman–Crippen LogP) is 1.14. The highest BCUT2D eigenvalue weighted by Crippen LogP contribution is 2.08. The van der Waals surface area contributed by atoms with E-state index in [1.165, 1.54) is 19.1 Å². The largest absolute Gasteiger partial charge is 0.420 e. The molecule has 0 atom stereocenters. The van der Waals surface area contributed by atoms with Gasteiger partial charge in [-0.2, -0.15) is 0 Å². The molecule has 0 N–H and O–H groups in total. The van der Waals surface area contributed by atoms with Crippen molar-refractivity contribution in [1.82, 2.24) is 0 Å². The normalized spacial score (nSPS) is 9.40. The van der Waals surface area contributed by atoms with Crippen LogP contribution in [0, 0.1) is 0 Å². The minimum atomic E-state index is -1.13. The lowest BCUT2D eigenvalue weighted by atomic mass is 10.2. The molecule has 0 bridgehead atoms. The fraction of sp³-hybridized carbons (Fsp3) is 0.182. The molecule has 15 heavy (non-hydrogen) atoms. The third-order valence-electron chi connectivity index (χ3n) is 1.71. The summed E-state index contributed by atoms with van der Waals surface area (Å²) < 4.78 is 4.69. The third-order valence-corrected chi connectivity index (χ3v) is 1.71. The quantitative estimate of drug-likeness (QED) is 0.321. The van der Waals surface area contributed by atoms with E-state index in [1.807, 2.05) is 0 Å². The van der Waals surface area contributed by atoms with Crippen LogP contribution in [0.15, 0.2) is 30.3 Å². The number of hydrogen-bond acceptors (Lipinski definition) is 4. The van der Waals surface area contributed by atoms with E-state index in [0.717, 1.165) is 0 Å². The van der Waals surface area contributed by atoms with Crippen LogP contribution in [0.3, 0.4) is 0 Å². The van der Waals surface area contributed by atoms with Gasteiger partial charge in [0.25, 0.3) is 0 Å². The molecular formula is C11H10O4. The van der Waals surface area contributed by atoms with E-state index in [9.17, 15) is 14.4 Å². The number of carbonyl (C=O) groups is 3. The Balaban J connectivity index is 2.65. The molecule has 0 fully saturated rings. The average molecular weight is 206 g/mol. The minimum absolute atomic E-state index is 0.00270. The molecule has 0 heterocycles. The Morgan fingerprint density at radius 2 is 1.73 bits per heavy atom. The lowest BCUT2D eigenvalue weighted by molar-refractivity contribution is -0.151. The van der Waals surface area contributed by atoms with Crippen LogP contribution < -0.4 is 4.74 Å². The molecule has 1 rings (SSSR count). The van der Waals surface area contributed by atoms with Gasteiger partial charge in [-0.3, -0.25) is 9.59 Å². The minimum Gasteiger partial charge on any atom is -0.420 e. The standard InChI is InChI=1S/C11H10O4/c1-2-9(12)10(13)11(14)15-8-6-4-3-5-7-8/h3-7H,2H2,1H3. The van der Waals surface area contributed by atoms with Gasteiger partial charge in [0.05, 0.1) is 0 Å². The second-order valence-electron chi connectivity index (χ2n) is 2.81. The van der Waals surface area contributed by atoms with E-state index < -0.39 is 17.5 Å². The zero-order valence-corrected chi connectivity index (χ0v) is 8.23. The summed E-state index contributed by atoms with van der Waals surface area (Å²) in [4.78, 5) is 33.1. The number of rotatable bonds is 4. The van der Waals surface area contributed by atoms with Gasteiger partial charge in [-0.15, -0.1) is 0 Å². The molecule has 0 aromatic heterocycles. The highest BCUT2D eigenvalue weighted by Gasteiger charge is 2.22. The Hall–Kier alpha value is -1.97. The van der Waals surface area contributed by atoms with Crippen molar-refractivity contribution in [3.63, 3.8) is 0 Å².